The average Bonchev–Trinajstić information content (AvgIpc) is 3.19. The van der Waals surface area contributed by atoms with Crippen LogP contribution in [0.25, 0.3) is 11.8 Å². The van der Waals surface area contributed by atoms with Crippen LogP contribution in [0.15, 0.2) is 48.7 Å². The Labute approximate surface area is 213 Å². The van der Waals surface area contributed by atoms with E-state index in [1.54, 1.807) is 42.7 Å². The summed E-state index contributed by atoms with van der Waals surface area (Å²) in [6, 6.07) is 11.4. The molecule has 0 bridgehead atoms. The number of aromatic nitrogens is 2. The van der Waals surface area contributed by atoms with Crippen molar-refractivity contribution in [3.63, 3.8) is 0 Å². The maximum absolute atomic E-state index is 13.9. The summed E-state index contributed by atoms with van der Waals surface area (Å²) in [6.45, 7) is 13.5. The van der Waals surface area contributed by atoms with E-state index in [-0.39, 0.29) is 10.9 Å². The number of ether oxygens (including phenoxy) is 2. The van der Waals surface area contributed by atoms with Crippen LogP contribution in [0.3, 0.4) is 0 Å². The number of benzene rings is 2. The summed E-state index contributed by atoms with van der Waals surface area (Å²) in [6.07, 6.45) is 2.30. The number of hydrogen-bond donors (Lipinski definition) is 1. The number of halogens is 2. The summed E-state index contributed by atoms with van der Waals surface area (Å²) >= 11 is 6.24. The first-order valence-electron chi connectivity index (χ1n) is 11.6. The van der Waals surface area contributed by atoms with Gasteiger partial charge in [-0.2, -0.15) is 0 Å². The van der Waals surface area contributed by atoms with Crippen molar-refractivity contribution < 1.29 is 19.0 Å². The fourth-order valence-electron chi connectivity index (χ4n) is 3.65. The van der Waals surface area contributed by atoms with Crippen molar-refractivity contribution in [2.45, 2.75) is 51.9 Å². The van der Waals surface area contributed by atoms with E-state index in [1.165, 1.54) is 19.2 Å². The number of nitrogens with zero attached hydrogens (tertiary/aromatic N) is 2. The minimum absolute atomic E-state index is 0.0389. The van der Waals surface area contributed by atoms with E-state index in [0.29, 0.717) is 34.3 Å². The molecular weight excluding hydrogens is 483 g/mol. The molecule has 0 amide bonds. The van der Waals surface area contributed by atoms with Crippen LogP contribution in [0.1, 0.15) is 50.8 Å². The van der Waals surface area contributed by atoms with Crippen molar-refractivity contribution in [3.05, 3.63) is 76.5 Å². The van der Waals surface area contributed by atoms with Crippen LogP contribution < -0.4 is 10.2 Å². The Balaban J connectivity index is 2.37. The summed E-state index contributed by atoms with van der Waals surface area (Å²) in [4.78, 5) is 5.07. The molecule has 3 rings (SSSR count). The zero-order valence-corrected chi connectivity index (χ0v) is 23.2. The van der Waals surface area contributed by atoms with Crippen LogP contribution in [0.4, 0.5) is 4.39 Å². The molecule has 2 aromatic carbocycles. The van der Waals surface area contributed by atoms with Crippen LogP contribution in [0.2, 0.25) is 23.2 Å². The maximum Gasteiger partial charge on any atom is 0.137 e. The second kappa shape index (κ2) is 10.6. The van der Waals surface area contributed by atoms with Gasteiger partial charge in [0.15, 0.2) is 0 Å². The number of aliphatic hydroxyl groups is 1. The highest BCUT2D eigenvalue weighted by molar-refractivity contribution is 6.91. The van der Waals surface area contributed by atoms with Gasteiger partial charge in [-0.25, -0.2) is 9.37 Å². The summed E-state index contributed by atoms with van der Waals surface area (Å²) in [7, 11) is -0.693. The molecule has 1 N–H and O–H groups in total. The second-order valence-electron chi connectivity index (χ2n) is 9.95. The van der Waals surface area contributed by atoms with Crippen molar-refractivity contribution in [1.82, 2.24) is 9.55 Å². The van der Waals surface area contributed by atoms with Gasteiger partial charge in [-0.15, -0.1) is 0 Å². The molecule has 35 heavy (non-hydrogen) atoms. The second-order valence-corrected chi connectivity index (χ2v) is 15.6. The number of hydrogen-bond acceptors (Lipinski definition) is 4. The maximum atomic E-state index is 13.9. The van der Waals surface area contributed by atoms with Gasteiger partial charge in [-0.1, -0.05) is 51.5 Å². The lowest BCUT2D eigenvalue weighted by Crippen LogP contribution is -2.54. The first kappa shape index (κ1) is 27.0. The molecular formula is C27H34ClFN2O3Si. The minimum atomic E-state index is -2.23. The molecule has 3 aromatic rings. The van der Waals surface area contributed by atoms with E-state index >= 15 is 0 Å². The lowest BCUT2D eigenvalue weighted by atomic mass is 10.0. The summed E-state index contributed by atoms with van der Waals surface area (Å²) in [5.74, 6) is 0.135. The van der Waals surface area contributed by atoms with Gasteiger partial charge in [0.2, 0.25) is 0 Å². The summed E-state index contributed by atoms with van der Waals surface area (Å²) in [5, 5.41) is 12.1. The third kappa shape index (κ3) is 5.47. The Bertz CT molecular complexity index is 1200. The van der Waals surface area contributed by atoms with E-state index in [9.17, 15) is 9.50 Å². The summed E-state index contributed by atoms with van der Waals surface area (Å²) < 4.78 is 26.7. The number of methoxy groups -OCH3 is 1. The number of aliphatic hydroxyl groups excluding tert-OH is 1. The number of rotatable bonds is 8. The molecule has 8 heteroatoms. The monoisotopic (exact) mass is 516 g/mol. The third-order valence-electron chi connectivity index (χ3n) is 6.70. The highest BCUT2D eigenvalue weighted by Gasteiger charge is 2.43. The molecule has 0 aliphatic rings. The Morgan fingerprint density at radius 1 is 1.17 bits per heavy atom. The van der Waals surface area contributed by atoms with E-state index in [2.05, 4.69) is 33.9 Å². The van der Waals surface area contributed by atoms with Crippen molar-refractivity contribution in [1.29, 1.82) is 0 Å². The quantitative estimate of drug-likeness (QED) is 0.275. The molecule has 0 radical (unpaired) electrons. The van der Waals surface area contributed by atoms with Crippen molar-refractivity contribution >= 4 is 31.2 Å². The molecule has 0 saturated carbocycles. The highest BCUT2D eigenvalue weighted by atomic mass is 35.5. The van der Waals surface area contributed by atoms with E-state index in [0.717, 1.165) is 11.1 Å². The largest absolute Gasteiger partial charge is 0.501 e. The Morgan fingerprint density at radius 2 is 1.83 bits per heavy atom. The van der Waals surface area contributed by atoms with Gasteiger partial charge >= 0.3 is 0 Å². The highest BCUT2D eigenvalue weighted by Crippen LogP contribution is 2.38. The van der Waals surface area contributed by atoms with Gasteiger partial charge < -0.3 is 19.1 Å². The Morgan fingerprint density at radius 3 is 2.40 bits per heavy atom. The van der Waals surface area contributed by atoms with Crippen molar-refractivity contribution in [2.24, 2.45) is 0 Å². The molecule has 5 nitrogen and oxygen atoms in total. The zero-order chi connectivity index (χ0) is 26.0. The van der Waals surface area contributed by atoms with Crippen LogP contribution in [-0.4, -0.2) is 36.4 Å². The van der Waals surface area contributed by atoms with Gasteiger partial charge in [0, 0.05) is 11.8 Å². The predicted octanol–water partition coefficient (Wildman–Crippen LogP) is 6.48. The van der Waals surface area contributed by atoms with Crippen LogP contribution in [0, 0.1) is 5.82 Å². The molecule has 1 atom stereocenters. The standard InChI is InChI=1S/C27H34ClFN2O3Si/c1-8-34-16-15-22-24(25(32)18-9-14-21(28)23(17-18)33-5)31(20-12-10-19(29)11-13-20)26(30-22)35(6,7)27(2,3)4/h9-17,25,32H,8H2,1-7H3. The first-order chi connectivity index (χ1) is 16.4. The zero-order valence-electron chi connectivity index (χ0n) is 21.4. The molecule has 1 unspecified atom stereocenters. The Hall–Kier alpha value is -2.61. The van der Waals surface area contributed by atoms with Gasteiger partial charge in [0.05, 0.1) is 41.8 Å². The van der Waals surface area contributed by atoms with Crippen molar-refractivity contribution in [2.75, 3.05) is 13.7 Å². The van der Waals surface area contributed by atoms with E-state index in [1.807, 2.05) is 11.5 Å². The molecule has 1 aromatic heterocycles. The third-order valence-corrected chi connectivity index (χ3v) is 12.2. The van der Waals surface area contributed by atoms with E-state index < -0.39 is 14.2 Å². The lowest BCUT2D eigenvalue weighted by molar-refractivity contribution is 0.212. The van der Waals surface area contributed by atoms with Crippen LogP contribution >= 0.6 is 11.6 Å². The van der Waals surface area contributed by atoms with Gasteiger partial charge in [0.1, 0.15) is 25.7 Å². The molecule has 188 valence electrons. The van der Waals surface area contributed by atoms with Crippen LogP contribution in [-0.2, 0) is 4.74 Å². The van der Waals surface area contributed by atoms with Crippen LogP contribution in [0.5, 0.6) is 5.75 Å². The topological polar surface area (TPSA) is 56.5 Å². The molecule has 1 heterocycles. The SMILES string of the molecule is CCOC=Cc1nc([Si](C)(C)C(C)(C)C)n(-c2ccc(F)cc2)c1C(O)c1ccc(Cl)c(OC)c1. The average molecular weight is 517 g/mol. The number of imidazole rings is 1. The molecule has 0 aliphatic heterocycles. The molecule has 0 aliphatic carbocycles. The fraction of sp³-hybridized carbons (Fsp3) is 0.370. The fourth-order valence-corrected chi connectivity index (χ4v) is 5.73. The van der Waals surface area contributed by atoms with E-state index in [4.69, 9.17) is 26.1 Å². The van der Waals surface area contributed by atoms with Crippen molar-refractivity contribution in [3.8, 4) is 11.4 Å². The molecule has 0 fully saturated rings. The Kier molecular flexibility index (Phi) is 8.14. The first-order valence-corrected chi connectivity index (χ1v) is 15.0. The van der Waals surface area contributed by atoms with Gasteiger partial charge in [0.25, 0.3) is 0 Å². The smallest absolute Gasteiger partial charge is 0.137 e. The predicted molar refractivity (Wildman–Crippen MR) is 143 cm³/mol. The lowest BCUT2D eigenvalue weighted by Gasteiger charge is -2.36. The molecule has 0 saturated heterocycles. The normalized spacial score (nSPS) is 13.3. The summed E-state index contributed by atoms with van der Waals surface area (Å²) in [5.41, 5.74) is 3.36. The minimum Gasteiger partial charge on any atom is -0.501 e. The van der Waals surface area contributed by atoms with Gasteiger partial charge in [-0.05, 0) is 53.9 Å². The van der Waals surface area contributed by atoms with Gasteiger partial charge in [-0.3, -0.25) is 0 Å². The molecule has 0 spiro atoms.